The molecule has 1 N–H and O–H groups in total. The highest BCUT2D eigenvalue weighted by molar-refractivity contribution is 9.10. The number of nitro benzene ring substituents is 1. The lowest BCUT2D eigenvalue weighted by Crippen LogP contribution is -2.21. The van der Waals surface area contributed by atoms with Crippen molar-refractivity contribution in [2.24, 2.45) is 11.8 Å². The molecule has 0 heterocycles. The summed E-state index contributed by atoms with van der Waals surface area (Å²) in [5.41, 5.74) is 1.08. The maximum atomic E-state index is 10.8. The largest absolute Gasteiger partial charge is 0.312 e. The molecular formula is C14H19BrN2O2. The molecular weight excluding hydrogens is 308 g/mol. The maximum Gasteiger partial charge on any atom is 0.283 e. The van der Waals surface area contributed by atoms with Crippen molar-refractivity contribution in [3.05, 3.63) is 38.3 Å². The smallest absolute Gasteiger partial charge is 0.283 e. The fourth-order valence-corrected chi connectivity index (χ4v) is 3.31. The second kappa shape index (κ2) is 6.48. The number of nitrogens with zero attached hydrogens (tertiary/aromatic N) is 1. The monoisotopic (exact) mass is 326 g/mol. The van der Waals surface area contributed by atoms with Gasteiger partial charge in [-0.05, 0) is 52.7 Å². The van der Waals surface area contributed by atoms with Crippen molar-refractivity contribution in [3.8, 4) is 0 Å². The van der Waals surface area contributed by atoms with Crippen LogP contribution in [0, 0.1) is 22.0 Å². The van der Waals surface area contributed by atoms with Gasteiger partial charge >= 0.3 is 0 Å². The van der Waals surface area contributed by atoms with Gasteiger partial charge < -0.3 is 5.32 Å². The predicted molar refractivity (Wildman–Crippen MR) is 79.0 cm³/mol. The number of nitrogens with one attached hydrogen (secondary N) is 1. The Hall–Kier alpha value is -0.940. The van der Waals surface area contributed by atoms with Crippen LogP contribution in [-0.2, 0) is 6.54 Å². The van der Waals surface area contributed by atoms with Crippen LogP contribution in [0.5, 0.6) is 0 Å². The Morgan fingerprint density at radius 2 is 2.26 bits per heavy atom. The van der Waals surface area contributed by atoms with Crippen molar-refractivity contribution in [2.45, 2.75) is 32.7 Å². The zero-order chi connectivity index (χ0) is 13.8. The van der Waals surface area contributed by atoms with Gasteiger partial charge in [0.2, 0.25) is 0 Å². The SMILES string of the molecule is CC1CCC(CNCc2cccc([N+](=O)[O-])c2Br)C1. The van der Waals surface area contributed by atoms with Gasteiger partial charge in [0.25, 0.3) is 5.69 Å². The quantitative estimate of drug-likeness (QED) is 0.659. The second-order valence-corrected chi connectivity index (χ2v) is 6.22. The summed E-state index contributed by atoms with van der Waals surface area (Å²) in [6.07, 6.45) is 3.92. The minimum absolute atomic E-state index is 0.133. The molecule has 4 nitrogen and oxygen atoms in total. The van der Waals surface area contributed by atoms with E-state index >= 15 is 0 Å². The number of hydrogen-bond donors (Lipinski definition) is 1. The van der Waals surface area contributed by atoms with E-state index < -0.39 is 0 Å². The van der Waals surface area contributed by atoms with Gasteiger partial charge in [0.15, 0.2) is 0 Å². The summed E-state index contributed by atoms with van der Waals surface area (Å²) in [6, 6.07) is 5.17. The molecule has 0 radical (unpaired) electrons. The van der Waals surface area contributed by atoms with Gasteiger partial charge in [0, 0.05) is 12.6 Å². The normalized spacial score (nSPS) is 22.6. The van der Waals surface area contributed by atoms with E-state index in [9.17, 15) is 10.1 Å². The molecule has 1 aliphatic rings. The first-order chi connectivity index (χ1) is 9.08. The van der Waals surface area contributed by atoms with Gasteiger partial charge in [-0.25, -0.2) is 0 Å². The summed E-state index contributed by atoms with van der Waals surface area (Å²) in [4.78, 5) is 10.5. The van der Waals surface area contributed by atoms with Crippen LogP contribution in [0.4, 0.5) is 5.69 Å². The molecule has 2 unspecified atom stereocenters. The summed E-state index contributed by atoms with van der Waals surface area (Å²) in [5.74, 6) is 1.60. The third-order valence-electron chi connectivity index (χ3n) is 3.81. The van der Waals surface area contributed by atoms with E-state index in [0.29, 0.717) is 11.0 Å². The van der Waals surface area contributed by atoms with E-state index in [0.717, 1.165) is 23.9 Å². The first kappa shape index (κ1) is 14.5. The number of rotatable bonds is 5. The molecule has 1 aliphatic carbocycles. The number of halogens is 1. The molecule has 2 atom stereocenters. The van der Waals surface area contributed by atoms with Crippen LogP contribution < -0.4 is 5.32 Å². The molecule has 0 saturated heterocycles. The van der Waals surface area contributed by atoms with Crippen LogP contribution in [0.1, 0.15) is 31.7 Å². The highest BCUT2D eigenvalue weighted by atomic mass is 79.9. The highest BCUT2D eigenvalue weighted by Crippen LogP contribution is 2.30. The third-order valence-corrected chi connectivity index (χ3v) is 4.72. The van der Waals surface area contributed by atoms with Crippen LogP contribution >= 0.6 is 15.9 Å². The predicted octanol–water partition coefficient (Wildman–Crippen LogP) is 3.88. The lowest BCUT2D eigenvalue weighted by atomic mass is 10.1. The van der Waals surface area contributed by atoms with Gasteiger partial charge in [-0.15, -0.1) is 0 Å². The molecule has 104 valence electrons. The topological polar surface area (TPSA) is 55.2 Å². The number of benzene rings is 1. The fraction of sp³-hybridized carbons (Fsp3) is 0.571. The van der Waals surface area contributed by atoms with Crippen molar-refractivity contribution < 1.29 is 4.92 Å². The van der Waals surface area contributed by atoms with Crippen molar-refractivity contribution >= 4 is 21.6 Å². The summed E-state index contributed by atoms with van der Waals surface area (Å²) in [7, 11) is 0. The van der Waals surface area contributed by atoms with Crippen LogP contribution in [0.15, 0.2) is 22.7 Å². The first-order valence-electron chi connectivity index (χ1n) is 6.70. The molecule has 5 heteroatoms. The van der Waals surface area contributed by atoms with Crippen LogP contribution in [0.3, 0.4) is 0 Å². The molecule has 0 aromatic heterocycles. The molecule has 2 rings (SSSR count). The first-order valence-corrected chi connectivity index (χ1v) is 7.49. The molecule has 1 fully saturated rings. The third kappa shape index (κ3) is 3.76. The Labute approximate surface area is 121 Å². The minimum Gasteiger partial charge on any atom is -0.312 e. The van der Waals surface area contributed by atoms with E-state index in [2.05, 4.69) is 28.2 Å². The Morgan fingerprint density at radius 1 is 1.47 bits per heavy atom. The van der Waals surface area contributed by atoms with E-state index in [1.807, 2.05) is 6.07 Å². The Bertz CT molecular complexity index is 465. The van der Waals surface area contributed by atoms with Crippen molar-refractivity contribution in [3.63, 3.8) is 0 Å². The van der Waals surface area contributed by atoms with Crippen LogP contribution in [0.25, 0.3) is 0 Å². The second-order valence-electron chi connectivity index (χ2n) is 5.42. The van der Waals surface area contributed by atoms with Gasteiger partial charge in [0.1, 0.15) is 0 Å². The van der Waals surface area contributed by atoms with Crippen LogP contribution in [-0.4, -0.2) is 11.5 Å². The Morgan fingerprint density at radius 3 is 2.89 bits per heavy atom. The summed E-state index contributed by atoms with van der Waals surface area (Å²) in [6.45, 7) is 3.98. The average molecular weight is 327 g/mol. The fourth-order valence-electron chi connectivity index (χ4n) is 2.77. The molecule has 1 aromatic rings. The van der Waals surface area contributed by atoms with Gasteiger partial charge in [-0.1, -0.05) is 25.5 Å². The molecule has 1 aromatic carbocycles. The van der Waals surface area contributed by atoms with Gasteiger partial charge in [0.05, 0.1) is 9.40 Å². The summed E-state index contributed by atoms with van der Waals surface area (Å²) >= 11 is 3.32. The molecule has 0 amide bonds. The number of hydrogen-bond acceptors (Lipinski definition) is 3. The lowest BCUT2D eigenvalue weighted by Gasteiger charge is -2.12. The molecule has 1 saturated carbocycles. The lowest BCUT2D eigenvalue weighted by molar-refractivity contribution is -0.385. The van der Waals surface area contributed by atoms with Gasteiger partial charge in [-0.3, -0.25) is 10.1 Å². The van der Waals surface area contributed by atoms with Gasteiger partial charge in [-0.2, -0.15) is 0 Å². The summed E-state index contributed by atoms with van der Waals surface area (Å²) < 4.78 is 0.590. The van der Waals surface area contributed by atoms with Crippen molar-refractivity contribution in [1.29, 1.82) is 0 Å². The Kier molecular flexibility index (Phi) is 4.93. The maximum absolute atomic E-state index is 10.8. The highest BCUT2D eigenvalue weighted by Gasteiger charge is 2.21. The van der Waals surface area contributed by atoms with E-state index in [1.165, 1.54) is 25.3 Å². The Balaban J connectivity index is 1.89. The average Bonchev–Trinajstić information content (AvgIpc) is 2.77. The van der Waals surface area contributed by atoms with Crippen LogP contribution in [0.2, 0.25) is 0 Å². The van der Waals surface area contributed by atoms with E-state index in [-0.39, 0.29) is 10.6 Å². The molecule has 0 bridgehead atoms. The van der Waals surface area contributed by atoms with E-state index in [4.69, 9.17) is 0 Å². The molecule has 0 spiro atoms. The zero-order valence-electron chi connectivity index (χ0n) is 11.1. The molecule has 0 aliphatic heterocycles. The zero-order valence-corrected chi connectivity index (χ0v) is 12.6. The minimum atomic E-state index is -0.355. The molecule has 19 heavy (non-hydrogen) atoms. The van der Waals surface area contributed by atoms with Crippen molar-refractivity contribution in [2.75, 3.05) is 6.54 Å². The summed E-state index contributed by atoms with van der Waals surface area (Å²) in [5, 5.41) is 14.3. The number of nitro groups is 1. The van der Waals surface area contributed by atoms with E-state index in [1.54, 1.807) is 6.07 Å². The standard InChI is InChI=1S/C14H19BrN2O2/c1-10-5-6-11(7-10)8-16-9-12-3-2-4-13(14(12)15)17(18)19/h2-4,10-11,16H,5-9H2,1H3. The van der Waals surface area contributed by atoms with Crippen molar-refractivity contribution in [1.82, 2.24) is 5.32 Å².